The molecule has 0 radical (unpaired) electrons. The molecule has 0 unspecified atom stereocenters. The van der Waals surface area contributed by atoms with Gasteiger partial charge in [0.1, 0.15) is 5.54 Å². The van der Waals surface area contributed by atoms with Crippen molar-refractivity contribution >= 4 is 17.6 Å². The second-order valence-electron chi connectivity index (χ2n) is 7.43. The molecule has 29 heavy (non-hydrogen) atoms. The average Bonchev–Trinajstić information content (AvgIpc) is 3.13. The summed E-state index contributed by atoms with van der Waals surface area (Å²) < 4.78 is 5.52. The molecule has 4 heterocycles. The maximum absolute atomic E-state index is 13.1. The summed E-state index contributed by atoms with van der Waals surface area (Å²) in [5, 5.41) is 10.6. The molecule has 3 aliphatic rings. The van der Waals surface area contributed by atoms with E-state index in [0.717, 1.165) is 11.3 Å². The number of aromatic nitrogens is 4. The van der Waals surface area contributed by atoms with Gasteiger partial charge in [0, 0.05) is 25.4 Å². The first-order valence-corrected chi connectivity index (χ1v) is 9.34. The summed E-state index contributed by atoms with van der Waals surface area (Å²) in [6.45, 7) is 0. The lowest BCUT2D eigenvalue weighted by Gasteiger charge is -2.44. The highest BCUT2D eigenvalue weighted by atomic mass is 16.4. The topological polar surface area (TPSA) is 114 Å². The van der Waals surface area contributed by atoms with Crippen LogP contribution in [-0.2, 0) is 11.2 Å². The first-order chi connectivity index (χ1) is 14.1. The first kappa shape index (κ1) is 17.5. The van der Waals surface area contributed by atoms with Gasteiger partial charge in [-0.3, -0.25) is 19.5 Å². The summed E-state index contributed by atoms with van der Waals surface area (Å²) in [6.07, 6.45) is 4.55. The normalized spacial score (nSPS) is 22.4. The van der Waals surface area contributed by atoms with E-state index in [1.54, 1.807) is 19.4 Å². The summed E-state index contributed by atoms with van der Waals surface area (Å²) in [5.74, 6) is 0.0372. The minimum atomic E-state index is -1.01. The zero-order chi connectivity index (χ0) is 20.0. The molecule has 1 aliphatic carbocycles. The van der Waals surface area contributed by atoms with Crippen molar-refractivity contribution in [3.05, 3.63) is 65.8 Å². The summed E-state index contributed by atoms with van der Waals surface area (Å²) in [6, 6.07) is 9.64. The fraction of sp³-hybridized carbons (Fsp3) is 0.300. The van der Waals surface area contributed by atoms with Crippen molar-refractivity contribution in [1.82, 2.24) is 25.5 Å². The number of carbonyl (C=O) groups is 2. The number of hydrogen-bond acceptors (Lipinski definition) is 7. The molecule has 0 atom stereocenters. The Labute approximate surface area is 166 Å². The van der Waals surface area contributed by atoms with E-state index in [1.807, 2.05) is 30.3 Å². The van der Waals surface area contributed by atoms with Gasteiger partial charge in [0.05, 0.1) is 12.1 Å². The highest BCUT2D eigenvalue weighted by molar-refractivity contribution is 6.05. The predicted molar refractivity (Wildman–Crippen MR) is 101 cm³/mol. The van der Waals surface area contributed by atoms with Crippen LogP contribution in [-0.4, -0.2) is 44.6 Å². The van der Waals surface area contributed by atoms with Crippen molar-refractivity contribution < 1.29 is 14.0 Å². The fourth-order valence-corrected chi connectivity index (χ4v) is 4.07. The summed E-state index contributed by atoms with van der Waals surface area (Å²) >= 11 is 0. The van der Waals surface area contributed by atoms with E-state index in [4.69, 9.17) is 4.42 Å². The van der Waals surface area contributed by atoms with E-state index < -0.39 is 11.4 Å². The third kappa shape index (κ3) is 2.86. The van der Waals surface area contributed by atoms with Crippen molar-refractivity contribution in [2.45, 2.75) is 30.7 Å². The maximum atomic E-state index is 13.1. The van der Waals surface area contributed by atoms with Crippen LogP contribution < -0.4 is 10.2 Å². The number of hydrogen-bond donors (Lipinski definition) is 1. The Hall–Kier alpha value is -3.62. The van der Waals surface area contributed by atoms with Gasteiger partial charge in [0.25, 0.3) is 5.91 Å². The van der Waals surface area contributed by atoms with Crippen molar-refractivity contribution in [3.63, 3.8) is 0 Å². The lowest BCUT2D eigenvalue weighted by molar-refractivity contribution is -0.127. The van der Waals surface area contributed by atoms with Gasteiger partial charge in [-0.1, -0.05) is 30.3 Å². The molecular weight excluding hydrogens is 372 g/mol. The van der Waals surface area contributed by atoms with Gasteiger partial charge < -0.3 is 9.73 Å². The molecule has 1 fully saturated rings. The van der Waals surface area contributed by atoms with Crippen LogP contribution in [0, 0.1) is 0 Å². The molecule has 2 amide bonds. The maximum Gasteiger partial charge on any atom is 0.309 e. The summed E-state index contributed by atoms with van der Waals surface area (Å²) in [5.41, 5.74) is 0.781. The van der Waals surface area contributed by atoms with Crippen LogP contribution in [0.25, 0.3) is 0 Å². The lowest BCUT2D eigenvalue weighted by atomic mass is 9.67. The Morgan fingerprint density at radius 3 is 2.76 bits per heavy atom. The molecule has 0 saturated heterocycles. The molecule has 1 saturated carbocycles. The van der Waals surface area contributed by atoms with Gasteiger partial charge in [0.15, 0.2) is 5.82 Å². The minimum Gasteiger partial charge on any atom is -0.417 e. The number of anilines is 1. The van der Waals surface area contributed by atoms with E-state index in [2.05, 4.69) is 25.5 Å². The van der Waals surface area contributed by atoms with Gasteiger partial charge in [0.2, 0.25) is 5.89 Å². The number of carbonyl (C=O) groups excluding carboxylic acids is 2. The molecule has 3 aromatic rings. The third-order valence-electron chi connectivity index (χ3n) is 5.53. The average molecular weight is 390 g/mol. The van der Waals surface area contributed by atoms with Crippen LogP contribution in [0.1, 0.15) is 46.6 Å². The Bertz CT molecular complexity index is 1090. The Morgan fingerprint density at radius 1 is 1.21 bits per heavy atom. The third-order valence-corrected chi connectivity index (χ3v) is 5.53. The van der Waals surface area contributed by atoms with Gasteiger partial charge in [-0.25, -0.2) is 4.98 Å². The largest absolute Gasteiger partial charge is 0.417 e. The van der Waals surface area contributed by atoms with Crippen molar-refractivity contribution in [2.24, 2.45) is 0 Å². The van der Waals surface area contributed by atoms with Crippen molar-refractivity contribution in [2.75, 3.05) is 11.9 Å². The molecule has 2 bridgehead atoms. The molecule has 6 rings (SSSR count). The standard InChI is InChI=1S/C20H18N6O3/c1-26-16-15(21-7-8-22-16)13-10-20(11-13,19(26)28)23-17(27)18-25-24-14(29-18)9-12-5-3-2-4-6-12/h2-8,13H,9-11H2,1H3,(H,23,27)/t13-,20+. The van der Waals surface area contributed by atoms with Gasteiger partial charge >= 0.3 is 11.8 Å². The van der Waals surface area contributed by atoms with Gasteiger partial charge in [-0.15, -0.1) is 10.2 Å². The highest BCUT2D eigenvalue weighted by Gasteiger charge is 2.57. The van der Waals surface area contributed by atoms with Crippen LogP contribution in [0.5, 0.6) is 0 Å². The number of likely N-dealkylation sites (N-methyl/N-ethyl adjacent to an activating group) is 1. The van der Waals surface area contributed by atoms with Crippen LogP contribution in [0.3, 0.4) is 0 Å². The van der Waals surface area contributed by atoms with Crippen LogP contribution in [0.4, 0.5) is 5.82 Å². The van der Waals surface area contributed by atoms with Gasteiger partial charge in [-0.05, 0) is 18.4 Å². The zero-order valence-electron chi connectivity index (χ0n) is 15.7. The zero-order valence-corrected chi connectivity index (χ0v) is 15.7. The molecule has 1 aromatic carbocycles. The number of amides is 2. The van der Waals surface area contributed by atoms with Crippen LogP contribution in [0.15, 0.2) is 47.1 Å². The van der Waals surface area contributed by atoms with E-state index in [-0.39, 0.29) is 17.7 Å². The Balaban J connectivity index is 1.34. The van der Waals surface area contributed by atoms with E-state index in [1.165, 1.54) is 4.90 Å². The molecule has 9 heteroatoms. The molecule has 9 nitrogen and oxygen atoms in total. The number of benzene rings is 1. The molecule has 1 N–H and O–H groups in total. The first-order valence-electron chi connectivity index (χ1n) is 9.34. The molecular formula is C20H18N6O3. The van der Waals surface area contributed by atoms with E-state index in [0.29, 0.717) is 31.0 Å². The van der Waals surface area contributed by atoms with Crippen LogP contribution in [0.2, 0.25) is 0 Å². The van der Waals surface area contributed by atoms with Crippen LogP contribution >= 0.6 is 0 Å². The SMILES string of the molecule is CN1c2nccnc2[C@H]2C[C@@](NC(=O)c3nnc(Cc4ccccc4)o3)(C2)C1=O. The Morgan fingerprint density at radius 2 is 1.97 bits per heavy atom. The number of nitrogens with zero attached hydrogens (tertiary/aromatic N) is 5. The predicted octanol–water partition coefficient (Wildman–Crippen LogP) is 1.47. The second kappa shape index (κ2) is 6.47. The van der Waals surface area contributed by atoms with Crippen molar-refractivity contribution in [1.29, 1.82) is 0 Å². The number of nitrogens with one attached hydrogen (secondary N) is 1. The molecule has 146 valence electrons. The minimum absolute atomic E-state index is 0.0734. The smallest absolute Gasteiger partial charge is 0.309 e. The monoisotopic (exact) mass is 390 g/mol. The number of rotatable bonds is 4. The van der Waals surface area contributed by atoms with Crippen molar-refractivity contribution in [3.8, 4) is 0 Å². The number of fused-ring (bicyclic) bond motifs is 1. The van der Waals surface area contributed by atoms with E-state index >= 15 is 0 Å². The van der Waals surface area contributed by atoms with Gasteiger partial charge in [-0.2, -0.15) is 0 Å². The lowest BCUT2D eigenvalue weighted by Crippen LogP contribution is -2.64. The molecule has 2 aliphatic heterocycles. The summed E-state index contributed by atoms with van der Waals surface area (Å²) in [7, 11) is 1.65. The fourth-order valence-electron chi connectivity index (χ4n) is 4.07. The molecule has 2 aromatic heterocycles. The Kier molecular flexibility index (Phi) is 3.90. The second-order valence-corrected chi connectivity index (χ2v) is 7.43. The molecule has 0 spiro atoms. The highest BCUT2D eigenvalue weighted by Crippen LogP contribution is 2.50. The summed E-state index contributed by atoms with van der Waals surface area (Å²) in [4.78, 5) is 35.9. The quantitative estimate of drug-likeness (QED) is 0.717. The van der Waals surface area contributed by atoms with E-state index in [9.17, 15) is 9.59 Å².